The third kappa shape index (κ3) is 5.45. The molecule has 5 nitrogen and oxygen atoms in total. The van der Waals surface area contributed by atoms with E-state index in [1.54, 1.807) is 19.1 Å². The highest BCUT2D eigenvalue weighted by atomic mass is 35.5. The minimum Gasteiger partial charge on any atom is -0.482 e. The molecule has 0 spiro atoms. The number of ether oxygens (including phenoxy) is 2. The topological polar surface area (TPSA) is 67.8 Å². The number of aliphatic hydroxyl groups is 1. The molecule has 27 heavy (non-hydrogen) atoms. The van der Waals surface area contributed by atoms with Gasteiger partial charge in [-0.2, -0.15) is 0 Å². The van der Waals surface area contributed by atoms with Crippen LogP contribution in [-0.2, 0) is 22.4 Å². The molecule has 2 aromatic rings. The van der Waals surface area contributed by atoms with Crippen LogP contribution in [-0.4, -0.2) is 36.9 Å². The Balaban J connectivity index is 1.51. The van der Waals surface area contributed by atoms with Crippen LogP contribution in [0.1, 0.15) is 29.7 Å². The van der Waals surface area contributed by atoms with Gasteiger partial charge < -0.3 is 19.9 Å². The van der Waals surface area contributed by atoms with E-state index < -0.39 is 6.10 Å². The van der Waals surface area contributed by atoms with Gasteiger partial charge in [-0.25, -0.2) is 4.79 Å². The second-order valence-electron chi connectivity index (χ2n) is 6.61. The Kier molecular flexibility index (Phi) is 6.72. The quantitative estimate of drug-likeness (QED) is 0.679. The molecule has 0 saturated carbocycles. The van der Waals surface area contributed by atoms with Crippen molar-refractivity contribution >= 4 is 17.6 Å². The van der Waals surface area contributed by atoms with Crippen LogP contribution >= 0.6 is 11.6 Å². The number of esters is 1. The number of nitrogens with one attached hydrogen (secondary N) is 1. The molecule has 2 atom stereocenters. The summed E-state index contributed by atoms with van der Waals surface area (Å²) in [5.41, 5.74) is 3.26. The Morgan fingerprint density at radius 3 is 2.85 bits per heavy atom. The van der Waals surface area contributed by atoms with Crippen molar-refractivity contribution in [1.82, 2.24) is 5.32 Å². The maximum Gasteiger partial charge on any atom is 0.344 e. The van der Waals surface area contributed by atoms with Crippen LogP contribution in [0.4, 0.5) is 0 Å². The molecule has 1 aliphatic carbocycles. The minimum absolute atomic E-state index is 0.0832. The van der Waals surface area contributed by atoms with Crippen molar-refractivity contribution < 1.29 is 19.4 Å². The maximum absolute atomic E-state index is 11.4. The highest BCUT2D eigenvalue weighted by Gasteiger charge is 2.22. The molecule has 1 unspecified atom stereocenters. The van der Waals surface area contributed by atoms with Crippen molar-refractivity contribution in [3.63, 3.8) is 0 Å². The zero-order valence-electron chi connectivity index (χ0n) is 15.3. The fourth-order valence-electron chi connectivity index (χ4n) is 3.28. The summed E-state index contributed by atoms with van der Waals surface area (Å²) in [6, 6.07) is 13.4. The summed E-state index contributed by atoms with van der Waals surface area (Å²) in [6.07, 6.45) is 1.15. The molecular weight excluding hydrogens is 366 g/mol. The number of benzene rings is 2. The van der Waals surface area contributed by atoms with Crippen molar-refractivity contribution in [3.05, 3.63) is 64.2 Å². The van der Waals surface area contributed by atoms with Crippen molar-refractivity contribution in [1.29, 1.82) is 0 Å². The van der Waals surface area contributed by atoms with E-state index in [4.69, 9.17) is 21.1 Å². The van der Waals surface area contributed by atoms with Gasteiger partial charge in [0.25, 0.3) is 0 Å². The third-order valence-corrected chi connectivity index (χ3v) is 4.84. The average Bonchev–Trinajstić information content (AvgIpc) is 3.07. The van der Waals surface area contributed by atoms with E-state index in [9.17, 15) is 9.90 Å². The summed E-state index contributed by atoms with van der Waals surface area (Å²) >= 11 is 5.98. The first kappa shape index (κ1) is 19.7. The first-order valence-corrected chi connectivity index (χ1v) is 9.50. The Labute approximate surface area is 164 Å². The molecule has 0 amide bonds. The van der Waals surface area contributed by atoms with Crippen LogP contribution in [0.15, 0.2) is 42.5 Å². The number of fused-ring (bicyclic) bond motifs is 1. The number of rotatable bonds is 8. The number of carbonyl (C=O) groups excluding carboxylic acids is 1. The zero-order chi connectivity index (χ0) is 19.2. The summed E-state index contributed by atoms with van der Waals surface area (Å²) in [5.74, 6) is 0.300. The van der Waals surface area contributed by atoms with E-state index >= 15 is 0 Å². The summed E-state index contributed by atoms with van der Waals surface area (Å²) in [7, 11) is 0. The molecule has 0 saturated heterocycles. The first-order chi connectivity index (χ1) is 13.0. The van der Waals surface area contributed by atoms with E-state index in [2.05, 4.69) is 5.32 Å². The van der Waals surface area contributed by atoms with Crippen LogP contribution in [0.3, 0.4) is 0 Å². The highest BCUT2D eigenvalue weighted by molar-refractivity contribution is 6.30. The lowest BCUT2D eigenvalue weighted by atomic mass is 10.1. The lowest BCUT2D eigenvalue weighted by Gasteiger charge is -2.16. The number of halogens is 1. The number of hydrogen-bond donors (Lipinski definition) is 2. The average molecular weight is 390 g/mol. The second-order valence-corrected chi connectivity index (χ2v) is 7.04. The van der Waals surface area contributed by atoms with E-state index in [1.807, 2.05) is 30.3 Å². The van der Waals surface area contributed by atoms with Gasteiger partial charge in [0.15, 0.2) is 6.61 Å². The van der Waals surface area contributed by atoms with E-state index in [0.29, 0.717) is 23.9 Å². The van der Waals surface area contributed by atoms with Crippen molar-refractivity contribution in [2.24, 2.45) is 0 Å². The fraction of sp³-hybridized carbons (Fsp3) is 0.381. The molecule has 144 valence electrons. The fourth-order valence-corrected chi connectivity index (χ4v) is 3.48. The van der Waals surface area contributed by atoms with Gasteiger partial charge in [-0.3, -0.25) is 0 Å². The Morgan fingerprint density at radius 1 is 1.26 bits per heavy atom. The Bertz CT molecular complexity index is 796. The minimum atomic E-state index is -0.601. The molecule has 0 heterocycles. The van der Waals surface area contributed by atoms with Gasteiger partial charge in [-0.1, -0.05) is 29.8 Å². The van der Waals surface area contributed by atoms with Crippen LogP contribution in [0, 0.1) is 0 Å². The molecule has 2 aromatic carbocycles. The normalized spacial score (nSPS) is 16.6. The molecule has 0 aromatic heterocycles. The zero-order valence-corrected chi connectivity index (χ0v) is 16.0. The maximum atomic E-state index is 11.4. The van der Waals surface area contributed by atoms with Crippen LogP contribution in [0.25, 0.3) is 0 Å². The summed E-state index contributed by atoms with van der Waals surface area (Å²) in [4.78, 5) is 11.4. The highest BCUT2D eigenvalue weighted by Crippen LogP contribution is 2.27. The molecule has 6 heteroatoms. The van der Waals surface area contributed by atoms with Crippen molar-refractivity contribution in [2.75, 3.05) is 19.8 Å². The summed E-state index contributed by atoms with van der Waals surface area (Å²) in [5, 5.41) is 14.4. The molecular formula is C21H24ClNO4. The second kappa shape index (κ2) is 9.22. The smallest absolute Gasteiger partial charge is 0.344 e. The molecule has 0 bridgehead atoms. The van der Waals surface area contributed by atoms with Gasteiger partial charge in [-0.05, 0) is 60.7 Å². The van der Waals surface area contributed by atoms with Crippen molar-refractivity contribution in [3.8, 4) is 5.75 Å². The molecule has 0 radical (unpaired) electrons. The number of hydrogen-bond acceptors (Lipinski definition) is 5. The van der Waals surface area contributed by atoms with Gasteiger partial charge in [0.2, 0.25) is 0 Å². The van der Waals surface area contributed by atoms with Gasteiger partial charge in [0.1, 0.15) is 5.75 Å². The van der Waals surface area contributed by atoms with Gasteiger partial charge in [0, 0.05) is 17.6 Å². The lowest BCUT2D eigenvalue weighted by Crippen LogP contribution is -2.33. The molecule has 0 fully saturated rings. The van der Waals surface area contributed by atoms with Crippen LogP contribution < -0.4 is 10.1 Å². The van der Waals surface area contributed by atoms with Crippen molar-refractivity contribution in [2.45, 2.75) is 31.9 Å². The first-order valence-electron chi connectivity index (χ1n) is 9.12. The van der Waals surface area contributed by atoms with E-state index in [0.717, 1.165) is 18.4 Å². The Hall–Kier alpha value is -2.08. The predicted octanol–water partition coefficient (Wildman–Crippen LogP) is 3.07. The largest absolute Gasteiger partial charge is 0.482 e. The van der Waals surface area contributed by atoms with Crippen LogP contribution in [0.2, 0.25) is 5.02 Å². The van der Waals surface area contributed by atoms with Gasteiger partial charge >= 0.3 is 5.97 Å². The standard InChI is InChI=1S/C21H24ClNO4/c1-2-26-21(25)13-27-19-7-6-14-9-18(10-16(14)11-19)23-12-20(24)15-4-3-5-17(22)8-15/h3-8,11,18,20,23-24H,2,9-10,12-13H2,1H3/t18?,20-/m0/s1. The number of carbonyl (C=O) groups is 1. The van der Waals surface area contributed by atoms with E-state index in [1.165, 1.54) is 11.1 Å². The summed E-state index contributed by atoms with van der Waals surface area (Å²) in [6.45, 7) is 2.50. The lowest BCUT2D eigenvalue weighted by molar-refractivity contribution is -0.145. The Morgan fingerprint density at radius 2 is 2.07 bits per heavy atom. The van der Waals surface area contributed by atoms with E-state index in [-0.39, 0.29) is 18.6 Å². The van der Waals surface area contributed by atoms with Crippen LogP contribution in [0.5, 0.6) is 5.75 Å². The third-order valence-electron chi connectivity index (χ3n) is 4.61. The molecule has 1 aliphatic rings. The monoisotopic (exact) mass is 389 g/mol. The predicted molar refractivity (Wildman–Crippen MR) is 104 cm³/mol. The summed E-state index contributed by atoms with van der Waals surface area (Å²) < 4.78 is 10.4. The SMILES string of the molecule is CCOC(=O)COc1ccc2c(c1)CC(NC[C@H](O)c1cccc(Cl)c1)C2. The molecule has 3 rings (SSSR count). The van der Waals surface area contributed by atoms with Gasteiger partial charge in [0.05, 0.1) is 12.7 Å². The molecule has 2 N–H and O–H groups in total. The van der Waals surface area contributed by atoms with Gasteiger partial charge in [-0.15, -0.1) is 0 Å². The number of aliphatic hydroxyl groups excluding tert-OH is 1. The molecule has 0 aliphatic heterocycles.